The van der Waals surface area contributed by atoms with E-state index in [1.807, 2.05) is 0 Å². The molecular formula is C18H15Cl2N3O4. The van der Waals surface area contributed by atoms with Crippen LogP contribution in [-0.2, 0) is 9.59 Å². The molecule has 1 N–H and O–H groups in total. The highest BCUT2D eigenvalue weighted by molar-refractivity contribution is 6.39. The second-order valence-corrected chi connectivity index (χ2v) is 6.34. The number of non-ortho nitro benzene ring substituents is 1. The number of para-hydroxylation sites is 1. The van der Waals surface area contributed by atoms with Crippen molar-refractivity contribution in [3.8, 4) is 0 Å². The first-order chi connectivity index (χ1) is 12.8. The van der Waals surface area contributed by atoms with Gasteiger partial charge in [0.1, 0.15) is 0 Å². The largest absolute Gasteiger partial charge is 0.333 e. The molecule has 140 valence electrons. The van der Waals surface area contributed by atoms with Crippen molar-refractivity contribution < 1.29 is 14.5 Å². The maximum atomic E-state index is 12.1. The number of hydrogen-bond donors (Lipinski definition) is 1. The maximum absolute atomic E-state index is 12.1. The summed E-state index contributed by atoms with van der Waals surface area (Å²) in [4.78, 5) is 35.5. The summed E-state index contributed by atoms with van der Waals surface area (Å²) in [5.41, 5.74) is 0.869. The van der Waals surface area contributed by atoms with Crippen molar-refractivity contribution in [2.45, 2.75) is 0 Å². The van der Waals surface area contributed by atoms with Crippen LogP contribution in [0.1, 0.15) is 5.56 Å². The monoisotopic (exact) mass is 407 g/mol. The molecule has 0 radical (unpaired) electrons. The Hall–Kier alpha value is -2.90. The number of carbonyl (C=O) groups is 2. The van der Waals surface area contributed by atoms with Gasteiger partial charge in [0, 0.05) is 25.3 Å². The molecule has 0 aliphatic carbocycles. The third-order valence-electron chi connectivity index (χ3n) is 3.51. The Morgan fingerprint density at radius 3 is 2.30 bits per heavy atom. The van der Waals surface area contributed by atoms with Gasteiger partial charge in [0.15, 0.2) is 0 Å². The van der Waals surface area contributed by atoms with E-state index < -0.39 is 16.7 Å². The lowest BCUT2D eigenvalue weighted by Gasteiger charge is -2.15. The van der Waals surface area contributed by atoms with Gasteiger partial charge < -0.3 is 10.2 Å². The fraction of sp³-hybridized carbons (Fsp3) is 0.111. The minimum absolute atomic E-state index is 0.0366. The number of anilines is 1. The van der Waals surface area contributed by atoms with Crippen molar-refractivity contribution in [1.29, 1.82) is 0 Å². The number of carbonyl (C=O) groups excluding carboxylic acids is 2. The SMILES string of the molecule is CN(CC(=O)Nc1c(Cl)cccc1Cl)C(=O)/C=C/c1ccc([N+](=O)[O-])cc1. The van der Waals surface area contributed by atoms with Crippen molar-refractivity contribution in [3.63, 3.8) is 0 Å². The van der Waals surface area contributed by atoms with Crippen LogP contribution in [0, 0.1) is 10.1 Å². The fourth-order valence-corrected chi connectivity index (χ4v) is 2.58. The second-order valence-electron chi connectivity index (χ2n) is 5.52. The Bertz CT molecular complexity index is 878. The first-order valence-electron chi connectivity index (χ1n) is 7.69. The van der Waals surface area contributed by atoms with Crippen LogP contribution in [-0.4, -0.2) is 35.2 Å². The molecule has 0 fully saturated rings. The van der Waals surface area contributed by atoms with E-state index in [2.05, 4.69) is 5.32 Å². The molecule has 27 heavy (non-hydrogen) atoms. The lowest BCUT2D eigenvalue weighted by molar-refractivity contribution is -0.384. The minimum Gasteiger partial charge on any atom is -0.333 e. The second kappa shape index (κ2) is 9.16. The van der Waals surface area contributed by atoms with E-state index in [1.165, 1.54) is 48.4 Å². The van der Waals surface area contributed by atoms with Gasteiger partial charge in [0.2, 0.25) is 11.8 Å². The Kier molecular flexibility index (Phi) is 6.92. The number of halogens is 2. The molecule has 0 bridgehead atoms. The first kappa shape index (κ1) is 20.4. The average Bonchev–Trinajstić information content (AvgIpc) is 2.63. The molecule has 0 aliphatic rings. The summed E-state index contributed by atoms with van der Waals surface area (Å²) >= 11 is 12.0. The molecular weight excluding hydrogens is 393 g/mol. The Balaban J connectivity index is 1.94. The average molecular weight is 408 g/mol. The molecule has 9 heteroatoms. The third kappa shape index (κ3) is 5.80. The number of nitrogens with zero attached hydrogens (tertiary/aromatic N) is 2. The van der Waals surface area contributed by atoms with Gasteiger partial charge >= 0.3 is 0 Å². The number of rotatable bonds is 6. The number of nitro groups is 1. The smallest absolute Gasteiger partial charge is 0.269 e. The lowest BCUT2D eigenvalue weighted by atomic mass is 10.2. The van der Waals surface area contributed by atoms with Gasteiger partial charge in [-0.2, -0.15) is 0 Å². The lowest BCUT2D eigenvalue weighted by Crippen LogP contribution is -2.34. The summed E-state index contributed by atoms with van der Waals surface area (Å²) in [5, 5.41) is 13.8. The number of nitro benzene ring substituents is 1. The van der Waals surface area contributed by atoms with Crippen molar-refractivity contribution >= 4 is 52.5 Å². The first-order valence-corrected chi connectivity index (χ1v) is 8.45. The molecule has 0 atom stereocenters. The summed E-state index contributed by atoms with van der Waals surface area (Å²) < 4.78 is 0. The number of benzene rings is 2. The summed E-state index contributed by atoms with van der Waals surface area (Å²) in [7, 11) is 1.47. The molecule has 2 amide bonds. The van der Waals surface area contributed by atoms with E-state index in [0.717, 1.165) is 0 Å². The highest BCUT2D eigenvalue weighted by Crippen LogP contribution is 2.29. The van der Waals surface area contributed by atoms with Crippen LogP contribution in [0.2, 0.25) is 10.0 Å². The topological polar surface area (TPSA) is 92.6 Å². The summed E-state index contributed by atoms with van der Waals surface area (Å²) in [6, 6.07) is 10.6. The normalized spacial score (nSPS) is 10.6. The van der Waals surface area contributed by atoms with Gasteiger partial charge in [0.05, 0.1) is 27.2 Å². The summed E-state index contributed by atoms with van der Waals surface area (Å²) in [6.45, 7) is -0.203. The maximum Gasteiger partial charge on any atom is 0.269 e. The summed E-state index contributed by atoms with van der Waals surface area (Å²) in [6.07, 6.45) is 2.78. The quantitative estimate of drug-likeness (QED) is 0.444. The zero-order valence-electron chi connectivity index (χ0n) is 14.2. The molecule has 0 aromatic heterocycles. The van der Waals surface area contributed by atoms with E-state index in [1.54, 1.807) is 18.2 Å². The zero-order chi connectivity index (χ0) is 20.0. The number of nitrogens with one attached hydrogen (secondary N) is 1. The third-order valence-corrected chi connectivity index (χ3v) is 4.14. The van der Waals surface area contributed by atoms with Crippen LogP contribution in [0.5, 0.6) is 0 Å². The van der Waals surface area contributed by atoms with E-state index in [9.17, 15) is 19.7 Å². The van der Waals surface area contributed by atoms with Crippen LogP contribution in [0.3, 0.4) is 0 Å². The van der Waals surface area contributed by atoms with Crippen molar-refractivity contribution in [2.24, 2.45) is 0 Å². The standard InChI is InChI=1S/C18H15Cl2N3O4/c1-22(11-16(24)21-18-14(19)3-2-4-15(18)20)17(25)10-7-12-5-8-13(9-6-12)23(26)27/h2-10H,11H2,1H3,(H,21,24)/b10-7+. The number of amides is 2. The van der Waals surface area contributed by atoms with Gasteiger partial charge in [-0.3, -0.25) is 19.7 Å². The van der Waals surface area contributed by atoms with E-state index >= 15 is 0 Å². The molecule has 0 saturated heterocycles. The van der Waals surface area contributed by atoms with Gasteiger partial charge in [-0.15, -0.1) is 0 Å². The predicted octanol–water partition coefficient (Wildman–Crippen LogP) is 4.01. The van der Waals surface area contributed by atoms with Gasteiger partial charge in [-0.05, 0) is 35.9 Å². The molecule has 2 rings (SSSR count). The van der Waals surface area contributed by atoms with Crippen molar-refractivity contribution in [3.05, 3.63) is 74.3 Å². The van der Waals surface area contributed by atoms with E-state index in [0.29, 0.717) is 15.6 Å². The van der Waals surface area contributed by atoms with Crippen molar-refractivity contribution in [1.82, 2.24) is 4.90 Å². The van der Waals surface area contributed by atoms with Gasteiger partial charge in [-0.25, -0.2) is 0 Å². The molecule has 2 aromatic carbocycles. The van der Waals surface area contributed by atoms with Crippen LogP contribution in [0.15, 0.2) is 48.5 Å². The van der Waals surface area contributed by atoms with E-state index in [-0.39, 0.29) is 17.9 Å². The van der Waals surface area contributed by atoms with E-state index in [4.69, 9.17) is 23.2 Å². The van der Waals surface area contributed by atoms with Crippen LogP contribution >= 0.6 is 23.2 Å². The molecule has 0 heterocycles. The van der Waals surface area contributed by atoms with Gasteiger partial charge in [0.25, 0.3) is 5.69 Å². The fourth-order valence-electron chi connectivity index (χ4n) is 2.09. The number of likely N-dealkylation sites (N-methyl/N-ethyl adjacent to an activating group) is 1. The Morgan fingerprint density at radius 2 is 1.74 bits per heavy atom. The minimum atomic E-state index is -0.504. The molecule has 0 spiro atoms. The van der Waals surface area contributed by atoms with Crippen LogP contribution < -0.4 is 5.32 Å². The van der Waals surface area contributed by atoms with Crippen LogP contribution in [0.25, 0.3) is 6.08 Å². The Morgan fingerprint density at radius 1 is 1.15 bits per heavy atom. The van der Waals surface area contributed by atoms with Crippen molar-refractivity contribution in [2.75, 3.05) is 18.9 Å². The highest BCUT2D eigenvalue weighted by atomic mass is 35.5. The molecule has 2 aromatic rings. The van der Waals surface area contributed by atoms with Gasteiger partial charge in [-0.1, -0.05) is 29.3 Å². The predicted molar refractivity (Wildman–Crippen MR) is 105 cm³/mol. The molecule has 0 aliphatic heterocycles. The molecule has 0 saturated carbocycles. The zero-order valence-corrected chi connectivity index (χ0v) is 15.7. The highest BCUT2D eigenvalue weighted by Gasteiger charge is 2.14. The number of hydrogen-bond acceptors (Lipinski definition) is 4. The molecule has 7 nitrogen and oxygen atoms in total. The van der Waals surface area contributed by atoms with Crippen LogP contribution in [0.4, 0.5) is 11.4 Å². The molecule has 0 unspecified atom stereocenters. The Labute approximate surface area is 165 Å². The summed E-state index contributed by atoms with van der Waals surface area (Å²) in [5.74, 6) is -0.863.